The number of hydrogen-bond donors (Lipinski definition) is 1. The summed E-state index contributed by atoms with van der Waals surface area (Å²) in [7, 11) is 0. The van der Waals surface area contributed by atoms with E-state index in [1.165, 1.54) is 0 Å². The van der Waals surface area contributed by atoms with E-state index in [0.29, 0.717) is 12.3 Å². The number of phenols is 1. The van der Waals surface area contributed by atoms with Gasteiger partial charge in [-0.05, 0) is 48.6 Å². The van der Waals surface area contributed by atoms with Crippen molar-refractivity contribution in [3.8, 4) is 5.75 Å². The van der Waals surface area contributed by atoms with Crippen LogP contribution in [0.5, 0.6) is 5.75 Å². The summed E-state index contributed by atoms with van der Waals surface area (Å²) in [4.78, 5) is 17.3. The highest BCUT2D eigenvalue weighted by atomic mass is 16.3. The van der Waals surface area contributed by atoms with Gasteiger partial charge in [-0.3, -0.25) is 9.78 Å². The van der Waals surface area contributed by atoms with Crippen LogP contribution in [-0.2, 0) is 25.8 Å². The van der Waals surface area contributed by atoms with E-state index in [0.717, 1.165) is 59.1 Å². The summed E-state index contributed by atoms with van der Waals surface area (Å²) in [6.45, 7) is 6.75. The topological polar surface area (TPSA) is 55.1 Å². The van der Waals surface area contributed by atoms with Gasteiger partial charge >= 0.3 is 0 Å². The molecule has 2 aromatic heterocycles. The minimum atomic E-state index is -0.0158. The molecule has 0 aliphatic rings. The first-order chi connectivity index (χ1) is 12.6. The fourth-order valence-electron chi connectivity index (χ4n) is 3.42. The summed E-state index contributed by atoms with van der Waals surface area (Å²) in [6, 6.07) is 11.2. The number of phenolic OH excluding ortho intramolecular Hbond substituents is 1. The second-order valence-corrected chi connectivity index (χ2v) is 6.67. The molecule has 4 nitrogen and oxygen atoms in total. The van der Waals surface area contributed by atoms with E-state index >= 15 is 0 Å². The molecule has 0 saturated heterocycles. The molecule has 2 heterocycles. The second kappa shape index (κ2) is 7.73. The van der Waals surface area contributed by atoms with Crippen molar-refractivity contribution in [2.45, 2.75) is 53.0 Å². The van der Waals surface area contributed by atoms with Crippen LogP contribution in [0.4, 0.5) is 0 Å². The average molecular weight is 350 g/mol. The molecule has 3 rings (SSSR count). The van der Waals surface area contributed by atoms with E-state index in [1.54, 1.807) is 12.1 Å². The first kappa shape index (κ1) is 18.2. The van der Waals surface area contributed by atoms with Gasteiger partial charge in [0.1, 0.15) is 5.75 Å². The smallest absolute Gasteiger partial charge is 0.251 e. The lowest BCUT2D eigenvalue weighted by Crippen LogP contribution is -2.21. The SMILES string of the molecule is CCCc1cc(Cn2c(=O)ccc3c(CC)nc(CC)cc32)ccc1O. The zero-order valence-corrected chi connectivity index (χ0v) is 15.7. The molecule has 1 N–H and O–H groups in total. The van der Waals surface area contributed by atoms with Crippen molar-refractivity contribution in [1.29, 1.82) is 0 Å². The summed E-state index contributed by atoms with van der Waals surface area (Å²) in [5, 5.41) is 11.1. The summed E-state index contributed by atoms with van der Waals surface area (Å²) in [6.07, 6.45) is 3.47. The van der Waals surface area contributed by atoms with Crippen molar-refractivity contribution in [2.24, 2.45) is 0 Å². The van der Waals surface area contributed by atoms with E-state index in [4.69, 9.17) is 4.98 Å². The Labute approximate surface area is 154 Å². The Bertz CT molecular complexity index is 989. The summed E-state index contributed by atoms with van der Waals surface area (Å²) in [5.74, 6) is 0.326. The fourth-order valence-corrected chi connectivity index (χ4v) is 3.42. The van der Waals surface area contributed by atoms with Crippen molar-refractivity contribution in [1.82, 2.24) is 9.55 Å². The van der Waals surface area contributed by atoms with E-state index < -0.39 is 0 Å². The Morgan fingerprint density at radius 1 is 1.04 bits per heavy atom. The number of pyridine rings is 2. The molecule has 0 aliphatic heterocycles. The minimum Gasteiger partial charge on any atom is -0.508 e. The Morgan fingerprint density at radius 3 is 2.54 bits per heavy atom. The van der Waals surface area contributed by atoms with Gasteiger partial charge in [-0.25, -0.2) is 0 Å². The van der Waals surface area contributed by atoms with Crippen molar-refractivity contribution in [3.63, 3.8) is 0 Å². The third-order valence-corrected chi connectivity index (χ3v) is 4.82. The van der Waals surface area contributed by atoms with Crippen LogP contribution in [0.15, 0.2) is 41.2 Å². The Hall–Kier alpha value is -2.62. The number of aryl methyl sites for hydroxylation is 3. The lowest BCUT2D eigenvalue weighted by Gasteiger charge is -2.14. The molecule has 3 aromatic rings. The molecule has 0 spiro atoms. The maximum atomic E-state index is 12.6. The first-order valence-electron chi connectivity index (χ1n) is 9.40. The highest BCUT2D eigenvalue weighted by Gasteiger charge is 2.11. The predicted octanol–water partition coefficient (Wildman–Crippen LogP) is 4.23. The number of hydrogen-bond acceptors (Lipinski definition) is 3. The molecule has 0 unspecified atom stereocenters. The van der Waals surface area contributed by atoms with Crippen LogP contribution >= 0.6 is 0 Å². The third kappa shape index (κ3) is 3.50. The number of nitrogens with zero attached hydrogens (tertiary/aromatic N) is 2. The third-order valence-electron chi connectivity index (χ3n) is 4.82. The van der Waals surface area contributed by atoms with Crippen LogP contribution in [0, 0.1) is 0 Å². The Morgan fingerprint density at radius 2 is 1.85 bits per heavy atom. The van der Waals surface area contributed by atoms with Crippen molar-refractivity contribution in [3.05, 3.63) is 69.3 Å². The van der Waals surface area contributed by atoms with Gasteiger partial charge in [0.05, 0.1) is 12.1 Å². The highest BCUT2D eigenvalue weighted by molar-refractivity contribution is 5.81. The molecule has 0 atom stereocenters. The largest absolute Gasteiger partial charge is 0.508 e. The number of rotatable bonds is 6. The zero-order valence-electron chi connectivity index (χ0n) is 15.7. The standard InChI is InChI=1S/C22H26N2O2/c1-4-7-16-12-15(8-10-21(16)25)14-24-20-13-17(5-2)23-19(6-3)18(20)9-11-22(24)26/h8-13,25H,4-7,14H2,1-3H3. The van der Waals surface area contributed by atoms with Crippen LogP contribution in [-0.4, -0.2) is 14.7 Å². The van der Waals surface area contributed by atoms with Gasteiger partial charge in [-0.15, -0.1) is 0 Å². The molecule has 0 amide bonds. The van der Waals surface area contributed by atoms with Gasteiger partial charge in [-0.1, -0.05) is 39.3 Å². The monoisotopic (exact) mass is 350 g/mol. The first-order valence-corrected chi connectivity index (χ1v) is 9.40. The Kier molecular flexibility index (Phi) is 5.40. The van der Waals surface area contributed by atoms with E-state index in [-0.39, 0.29) is 5.56 Å². The van der Waals surface area contributed by atoms with Crippen molar-refractivity contribution < 1.29 is 5.11 Å². The van der Waals surface area contributed by atoms with Crippen LogP contribution in [0.1, 0.15) is 49.7 Å². The lowest BCUT2D eigenvalue weighted by molar-refractivity contribution is 0.467. The molecule has 1 aromatic carbocycles. The molecule has 0 saturated carbocycles. The number of aromatic nitrogens is 2. The van der Waals surface area contributed by atoms with Gasteiger partial charge in [-0.2, -0.15) is 0 Å². The summed E-state index contributed by atoms with van der Waals surface area (Å²) < 4.78 is 1.82. The maximum Gasteiger partial charge on any atom is 0.251 e. The normalized spacial score (nSPS) is 11.2. The summed E-state index contributed by atoms with van der Waals surface area (Å²) in [5.41, 5.74) is 4.91. The van der Waals surface area contributed by atoms with Gasteiger partial charge in [0.25, 0.3) is 5.56 Å². The number of fused-ring (bicyclic) bond motifs is 1. The molecule has 0 radical (unpaired) electrons. The van der Waals surface area contributed by atoms with Crippen molar-refractivity contribution in [2.75, 3.05) is 0 Å². The van der Waals surface area contributed by atoms with E-state index in [2.05, 4.69) is 20.8 Å². The van der Waals surface area contributed by atoms with Crippen LogP contribution in [0.25, 0.3) is 10.9 Å². The van der Waals surface area contributed by atoms with Gasteiger partial charge in [0.15, 0.2) is 0 Å². The molecule has 0 bridgehead atoms. The minimum absolute atomic E-state index is 0.0158. The molecule has 0 fully saturated rings. The van der Waals surface area contributed by atoms with Crippen LogP contribution in [0.2, 0.25) is 0 Å². The number of benzene rings is 1. The molecule has 4 heteroatoms. The van der Waals surface area contributed by atoms with Gasteiger partial charge in [0.2, 0.25) is 0 Å². The predicted molar refractivity (Wildman–Crippen MR) is 106 cm³/mol. The second-order valence-electron chi connectivity index (χ2n) is 6.67. The van der Waals surface area contributed by atoms with Gasteiger partial charge < -0.3 is 9.67 Å². The molecular weight excluding hydrogens is 324 g/mol. The maximum absolute atomic E-state index is 12.6. The van der Waals surface area contributed by atoms with E-state index in [1.807, 2.05) is 28.8 Å². The molecule has 26 heavy (non-hydrogen) atoms. The quantitative estimate of drug-likeness (QED) is 0.724. The average Bonchev–Trinajstić information content (AvgIpc) is 2.65. The highest BCUT2D eigenvalue weighted by Crippen LogP contribution is 2.23. The zero-order chi connectivity index (χ0) is 18.7. The van der Waals surface area contributed by atoms with Crippen molar-refractivity contribution >= 4 is 10.9 Å². The van der Waals surface area contributed by atoms with E-state index in [9.17, 15) is 9.90 Å². The lowest BCUT2D eigenvalue weighted by atomic mass is 10.0. The molecule has 136 valence electrons. The van der Waals surface area contributed by atoms with Gasteiger partial charge in [0, 0.05) is 22.8 Å². The number of aromatic hydroxyl groups is 1. The van der Waals surface area contributed by atoms with Crippen LogP contribution < -0.4 is 5.56 Å². The van der Waals surface area contributed by atoms with Crippen LogP contribution in [0.3, 0.4) is 0 Å². The Balaban J connectivity index is 2.14. The fraction of sp³-hybridized carbons (Fsp3) is 0.364. The molecular formula is C22H26N2O2. The summed E-state index contributed by atoms with van der Waals surface area (Å²) >= 11 is 0. The molecule has 0 aliphatic carbocycles.